The van der Waals surface area contributed by atoms with E-state index in [1.807, 2.05) is 13.8 Å². The predicted octanol–water partition coefficient (Wildman–Crippen LogP) is -1.82. The summed E-state index contributed by atoms with van der Waals surface area (Å²) in [6.45, 7) is 5.15. The molecule has 0 radical (unpaired) electrons. The molecule has 5 amide bonds. The molecule has 0 aromatic heterocycles. The number of nitrogens with one attached hydrogen (secondary N) is 5. The number of guanidine groups is 1. The van der Waals surface area contributed by atoms with Gasteiger partial charge in [-0.2, -0.15) is 0 Å². The summed E-state index contributed by atoms with van der Waals surface area (Å²) in [7, 11) is 0. The van der Waals surface area contributed by atoms with Gasteiger partial charge in [0.25, 0.3) is 5.96 Å². The Bertz CT molecular complexity index is 1370. The molecular weight excluding hydrogens is 630 g/mol. The van der Waals surface area contributed by atoms with Crippen LogP contribution < -0.4 is 32.4 Å². The number of aliphatic imine (C=N–C) groups is 1. The number of hydrazine groups is 1. The van der Waals surface area contributed by atoms with Crippen molar-refractivity contribution in [3.05, 3.63) is 39.9 Å². The van der Waals surface area contributed by atoms with Crippen LogP contribution in [0.25, 0.3) is 0 Å². The molecule has 2 fully saturated rings. The molecule has 2 heterocycles. The number of hydrogen-bond acceptors (Lipinski definition) is 10. The number of aromatic hydroxyl groups is 1. The summed E-state index contributed by atoms with van der Waals surface area (Å²) in [5, 5.41) is 40.7. The topological polar surface area (TPSA) is 271 Å². The largest absolute Gasteiger partial charge is 0.508 e. The molecule has 18 heteroatoms. The second-order valence-corrected chi connectivity index (χ2v) is 12.4. The van der Waals surface area contributed by atoms with Crippen molar-refractivity contribution in [3.8, 4) is 5.75 Å². The van der Waals surface area contributed by atoms with Gasteiger partial charge >= 0.3 is 0 Å². The fourth-order valence-corrected chi connectivity index (χ4v) is 5.61. The molecule has 1 aromatic carbocycles. The van der Waals surface area contributed by atoms with Crippen LogP contribution in [0.5, 0.6) is 5.75 Å². The van der Waals surface area contributed by atoms with Gasteiger partial charge in [0.2, 0.25) is 29.5 Å². The lowest BCUT2D eigenvalue weighted by Gasteiger charge is -2.31. The zero-order valence-electron chi connectivity index (χ0n) is 27.2. The molecule has 9 N–H and O–H groups in total. The number of aliphatic hydroxyl groups excluding tert-OH is 1. The minimum absolute atomic E-state index is 0.00868. The first-order valence-corrected chi connectivity index (χ1v) is 15.8. The van der Waals surface area contributed by atoms with Gasteiger partial charge in [-0.1, -0.05) is 31.4 Å². The number of phenols is 1. The van der Waals surface area contributed by atoms with Crippen molar-refractivity contribution in [1.29, 1.82) is 0 Å². The smallest absolute Gasteiger partial charge is 0.251 e. The summed E-state index contributed by atoms with van der Waals surface area (Å²) in [6, 6.07) is -0.0707. The lowest BCUT2D eigenvalue weighted by Crippen LogP contribution is -2.60. The highest BCUT2D eigenvalue weighted by atomic mass is 16.7. The Labute approximate surface area is 277 Å². The summed E-state index contributed by atoms with van der Waals surface area (Å²) in [4.78, 5) is 84.1. The van der Waals surface area contributed by atoms with Gasteiger partial charge in [0.15, 0.2) is 5.03 Å². The molecule has 0 bridgehead atoms. The number of amides is 5. The van der Waals surface area contributed by atoms with Crippen molar-refractivity contribution >= 4 is 35.5 Å². The van der Waals surface area contributed by atoms with E-state index in [4.69, 9.17) is 5.73 Å². The van der Waals surface area contributed by atoms with Crippen LogP contribution >= 0.6 is 0 Å². The standard InChI is InChI=1S/C30H45N9O9/c1-16(2)14-21-26(43)34-22(15-18-8-10-19(41)11-9-18)27(44)33-20(6-4-12-32-30(31)37-39(47)48)25(42)36-24(17(3)40)29(46)38-13-5-7-23(38)28(45)35-21/h8-11,16-17,20-24,40-41H,4-7,12-15H2,1-3H3,(H,33,44)(H,34,43)(H,35,45)(H,36,42)(H3,31,32,37)/t17-,20+,21+,22+,23+,24+/m1/s1. The van der Waals surface area contributed by atoms with Crippen molar-refractivity contribution in [2.45, 2.75) is 95.6 Å². The van der Waals surface area contributed by atoms with Crippen molar-refractivity contribution in [1.82, 2.24) is 31.6 Å². The zero-order valence-corrected chi connectivity index (χ0v) is 27.2. The number of carbonyl (C=O) groups excluding carboxylic acids is 5. The highest BCUT2D eigenvalue weighted by Crippen LogP contribution is 2.21. The van der Waals surface area contributed by atoms with Crippen LogP contribution in [-0.2, 0) is 30.4 Å². The molecule has 48 heavy (non-hydrogen) atoms. The van der Waals surface area contributed by atoms with Gasteiger partial charge in [-0.3, -0.25) is 24.0 Å². The van der Waals surface area contributed by atoms with E-state index in [1.165, 1.54) is 24.0 Å². The second kappa shape index (κ2) is 17.2. The van der Waals surface area contributed by atoms with E-state index in [1.54, 1.807) is 17.6 Å². The van der Waals surface area contributed by atoms with Gasteiger partial charge in [-0.15, -0.1) is 0 Å². The number of phenolic OH excluding ortho intramolecular Hbond substituents is 1. The Balaban J connectivity index is 2.01. The zero-order chi connectivity index (χ0) is 35.5. The molecule has 0 aliphatic carbocycles. The number of nitrogens with zero attached hydrogens (tertiary/aromatic N) is 3. The minimum atomic E-state index is -1.47. The summed E-state index contributed by atoms with van der Waals surface area (Å²) in [5.41, 5.74) is 7.74. The molecule has 0 saturated carbocycles. The molecule has 264 valence electrons. The molecule has 1 aromatic rings. The SMILES string of the molecule is CC(C)C[C@@H]1NC(=O)[C@@H]2CCCN2C(=O)[C@H]([C@@H](C)O)NC(=O)[C@H](CCCN=C(N)N[N+](=O)[O-])NC(=O)[C@H](Cc2ccc(O)cc2)NC1=O. The highest BCUT2D eigenvalue weighted by Gasteiger charge is 2.41. The number of nitro groups is 1. The van der Waals surface area contributed by atoms with Gasteiger partial charge in [0.1, 0.15) is 36.0 Å². The van der Waals surface area contributed by atoms with Gasteiger partial charge in [-0.05, 0) is 62.6 Å². The number of hydrogen-bond donors (Lipinski definition) is 8. The number of aliphatic hydroxyl groups is 1. The first-order chi connectivity index (χ1) is 22.7. The van der Waals surface area contributed by atoms with Crippen molar-refractivity contribution in [2.75, 3.05) is 13.1 Å². The number of benzene rings is 1. The van der Waals surface area contributed by atoms with Gasteiger partial charge in [0, 0.05) is 19.5 Å². The molecule has 18 nitrogen and oxygen atoms in total. The molecule has 6 atom stereocenters. The summed E-state index contributed by atoms with van der Waals surface area (Å²) < 4.78 is 0. The third kappa shape index (κ3) is 10.8. The average Bonchev–Trinajstić information content (AvgIpc) is 3.50. The van der Waals surface area contributed by atoms with Crippen LogP contribution in [0.2, 0.25) is 0 Å². The van der Waals surface area contributed by atoms with Crippen molar-refractivity contribution < 1.29 is 39.2 Å². The Morgan fingerprint density at radius 2 is 1.60 bits per heavy atom. The van der Waals surface area contributed by atoms with Crippen LogP contribution in [0.15, 0.2) is 29.3 Å². The van der Waals surface area contributed by atoms with E-state index < -0.39 is 76.8 Å². The number of fused-ring (bicyclic) bond motifs is 1. The van der Waals surface area contributed by atoms with E-state index >= 15 is 0 Å². The Kier molecular flexibility index (Phi) is 13.5. The third-order valence-corrected chi connectivity index (χ3v) is 8.01. The lowest BCUT2D eigenvalue weighted by molar-refractivity contribution is -0.525. The first kappa shape index (κ1) is 37.5. The van der Waals surface area contributed by atoms with E-state index in [0.717, 1.165) is 0 Å². The number of nitrogens with two attached hydrogens (primary N) is 1. The van der Waals surface area contributed by atoms with Gasteiger partial charge < -0.3 is 42.1 Å². The quantitative estimate of drug-likeness (QED) is 0.0450. The summed E-state index contributed by atoms with van der Waals surface area (Å²) in [5.74, 6) is -4.03. The molecule has 3 rings (SSSR count). The van der Waals surface area contributed by atoms with Crippen molar-refractivity contribution in [3.63, 3.8) is 0 Å². The molecular formula is C30H45N9O9. The fraction of sp³-hybridized carbons (Fsp3) is 0.600. The maximum atomic E-state index is 13.8. The minimum Gasteiger partial charge on any atom is -0.508 e. The Hall–Kier alpha value is -5.00. The van der Waals surface area contributed by atoms with E-state index in [0.29, 0.717) is 18.4 Å². The predicted molar refractivity (Wildman–Crippen MR) is 171 cm³/mol. The molecule has 2 saturated heterocycles. The van der Waals surface area contributed by atoms with Crippen LogP contribution in [0, 0.1) is 16.0 Å². The Morgan fingerprint density at radius 1 is 1.00 bits per heavy atom. The first-order valence-electron chi connectivity index (χ1n) is 15.8. The highest BCUT2D eigenvalue weighted by molar-refractivity contribution is 5.98. The third-order valence-electron chi connectivity index (χ3n) is 8.01. The molecule has 2 aliphatic rings. The van der Waals surface area contributed by atoms with E-state index in [-0.39, 0.29) is 50.4 Å². The average molecular weight is 676 g/mol. The summed E-state index contributed by atoms with van der Waals surface area (Å²) in [6.07, 6.45) is -0.399. The van der Waals surface area contributed by atoms with Gasteiger partial charge in [-0.25, -0.2) is 15.1 Å². The summed E-state index contributed by atoms with van der Waals surface area (Å²) >= 11 is 0. The number of carbonyl (C=O) groups is 5. The second-order valence-electron chi connectivity index (χ2n) is 12.4. The Morgan fingerprint density at radius 3 is 2.23 bits per heavy atom. The molecule has 0 spiro atoms. The van der Waals surface area contributed by atoms with Gasteiger partial charge in [0.05, 0.1) is 6.10 Å². The maximum absolute atomic E-state index is 13.8. The van der Waals surface area contributed by atoms with Crippen LogP contribution in [0.1, 0.15) is 58.4 Å². The lowest BCUT2D eigenvalue weighted by atomic mass is 10.00. The molecule has 2 aliphatic heterocycles. The normalized spacial score (nSPS) is 25.2. The van der Waals surface area contributed by atoms with E-state index in [9.17, 15) is 44.3 Å². The fourth-order valence-electron chi connectivity index (χ4n) is 5.61. The van der Waals surface area contributed by atoms with Crippen LogP contribution in [-0.4, -0.2) is 105 Å². The van der Waals surface area contributed by atoms with Crippen molar-refractivity contribution in [2.24, 2.45) is 16.6 Å². The maximum Gasteiger partial charge on any atom is 0.251 e. The molecule has 0 unspecified atom stereocenters. The van der Waals surface area contributed by atoms with Crippen LogP contribution in [0.4, 0.5) is 0 Å². The van der Waals surface area contributed by atoms with E-state index in [2.05, 4.69) is 26.3 Å². The monoisotopic (exact) mass is 675 g/mol. The number of rotatable bonds is 10. The van der Waals surface area contributed by atoms with Crippen LogP contribution in [0.3, 0.4) is 0 Å².